The van der Waals surface area contributed by atoms with E-state index in [2.05, 4.69) is 15.7 Å². The Bertz CT molecular complexity index is 740. The molecule has 1 fully saturated rings. The lowest BCUT2D eigenvalue weighted by Crippen LogP contribution is -2.16. The van der Waals surface area contributed by atoms with Crippen molar-refractivity contribution in [3.05, 3.63) is 42.2 Å². The summed E-state index contributed by atoms with van der Waals surface area (Å²) in [5.41, 5.74) is 6.77. The van der Waals surface area contributed by atoms with Gasteiger partial charge >= 0.3 is 0 Å². The Labute approximate surface area is 152 Å². The highest BCUT2D eigenvalue weighted by molar-refractivity contribution is 5.93. The summed E-state index contributed by atoms with van der Waals surface area (Å²) >= 11 is 0. The van der Waals surface area contributed by atoms with Crippen LogP contribution in [0.25, 0.3) is 5.69 Å². The number of aromatic nitrogens is 2. The lowest BCUT2D eigenvalue weighted by atomic mass is 10.0. The molecule has 1 aromatic carbocycles. The van der Waals surface area contributed by atoms with Crippen molar-refractivity contribution in [2.24, 2.45) is 11.7 Å². The van der Waals surface area contributed by atoms with E-state index in [-0.39, 0.29) is 24.0 Å². The van der Waals surface area contributed by atoms with Gasteiger partial charge in [-0.05, 0) is 50.0 Å². The Kier molecular flexibility index (Phi) is 6.55. The van der Waals surface area contributed by atoms with Crippen LogP contribution in [0.2, 0.25) is 0 Å². The Hall–Kier alpha value is -2.38. The Balaban J connectivity index is 0.00000225. The van der Waals surface area contributed by atoms with Gasteiger partial charge in [-0.25, -0.2) is 4.68 Å². The number of halogens is 1. The van der Waals surface area contributed by atoms with E-state index < -0.39 is 5.91 Å². The molecular weight excluding hydrogens is 342 g/mol. The van der Waals surface area contributed by atoms with Crippen LogP contribution in [-0.4, -0.2) is 34.7 Å². The molecule has 1 atom stereocenters. The Morgan fingerprint density at radius 1 is 1.32 bits per heavy atom. The smallest absolute Gasteiger partial charge is 0.269 e. The van der Waals surface area contributed by atoms with E-state index >= 15 is 0 Å². The van der Waals surface area contributed by atoms with Crippen LogP contribution in [0.15, 0.2) is 36.5 Å². The average molecular weight is 364 g/mol. The van der Waals surface area contributed by atoms with Gasteiger partial charge in [-0.3, -0.25) is 9.59 Å². The van der Waals surface area contributed by atoms with Crippen LogP contribution in [0.1, 0.15) is 29.8 Å². The van der Waals surface area contributed by atoms with E-state index in [1.54, 1.807) is 12.3 Å². The lowest BCUT2D eigenvalue weighted by Gasteiger charge is -2.12. The number of rotatable bonds is 6. The van der Waals surface area contributed by atoms with Crippen LogP contribution < -0.4 is 16.4 Å². The molecule has 1 aliphatic heterocycles. The topological polar surface area (TPSA) is 102 Å². The monoisotopic (exact) mass is 363 g/mol. The summed E-state index contributed by atoms with van der Waals surface area (Å²) < 4.78 is 1.54. The molecule has 1 unspecified atom stereocenters. The number of anilines is 1. The van der Waals surface area contributed by atoms with Crippen LogP contribution in [0.4, 0.5) is 5.69 Å². The van der Waals surface area contributed by atoms with E-state index in [1.807, 2.05) is 24.3 Å². The van der Waals surface area contributed by atoms with Crippen molar-refractivity contribution in [3.63, 3.8) is 0 Å². The minimum Gasteiger partial charge on any atom is -0.364 e. The Morgan fingerprint density at radius 2 is 2.12 bits per heavy atom. The lowest BCUT2D eigenvalue weighted by molar-refractivity contribution is -0.116. The van der Waals surface area contributed by atoms with E-state index in [9.17, 15) is 9.59 Å². The van der Waals surface area contributed by atoms with Gasteiger partial charge in [-0.15, -0.1) is 12.4 Å². The molecule has 4 N–H and O–H groups in total. The van der Waals surface area contributed by atoms with Gasteiger partial charge in [0.05, 0.1) is 11.4 Å². The summed E-state index contributed by atoms with van der Waals surface area (Å²) in [5.74, 6) is -0.0210. The number of nitrogens with zero attached hydrogens (tertiary/aromatic N) is 2. The highest BCUT2D eigenvalue weighted by atomic mass is 35.5. The number of primary amides is 1. The third-order valence-corrected chi connectivity index (χ3v) is 4.21. The van der Waals surface area contributed by atoms with Crippen LogP contribution in [0.3, 0.4) is 0 Å². The standard InChI is InChI=1S/C17H21N5O2.ClH/c18-17(24)14-8-10-22(21-14)15-4-2-1-3-13(15)20-16(23)6-5-12-7-9-19-11-12;/h1-4,8,10,12,19H,5-7,9,11H2,(H2,18,24)(H,20,23);1H. The van der Waals surface area contributed by atoms with Gasteiger partial charge in [0.2, 0.25) is 5.91 Å². The summed E-state index contributed by atoms with van der Waals surface area (Å²) in [5, 5.41) is 10.4. The van der Waals surface area contributed by atoms with Gasteiger partial charge in [-0.2, -0.15) is 5.10 Å². The second kappa shape index (κ2) is 8.64. The number of nitrogens with two attached hydrogens (primary N) is 1. The van der Waals surface area contributed by atoms with E-state index in [1.165, 1.54) is 4.68 Å². The first-order chi connectivity index (χ1) is 11.6. The molecule has 1 aliphatic rings. The fourth-order valence-electron chi connectivity index (χ4n) is 2.88. The molecule has 0 saturated carbocycles. The molecular formula is C17H22ClN5O2. The first kappa shape index (κ1) is 19.0. The molecule has 0 aliphatic carbocycles. The van der Waals surface area contributed by atoms with E-state index in [0.717, 1.165) is 25.9 Å². The molecule has 3 rings (SSSR count). The molecule has 8 heteroatoms. The maximum absolute atomic E-state index is 12.2. The second-order valence-corrected chi connectivity index (χ2v) is 5.97. The van der Waals surface area contributed by atoms with Crippen molar-refractivity contribution in [1.82, 2.24) is 15.1 Å². The van der Waals surface area contributed by atoms with Crippen molar-refractivity contribution >= 4 is 29.9 Å². The van der Waals surface area contributed by atoms with Crippen molar-refractivity contribution in [2.75, 3.05) is 18.4 Å². The molecule has 1 saturated heterocycles. The van der Waals surface area contributed by atoms with Crippen LogP contribution in [0.5, 0.6) is 0 Å². The van der Waals surface area contributed by atoms with Gasteiger partial charge < -0.3 is 16.4 Å². The second-order valence-electron chi connectivity index (χ2n) is 5.97. The largest absolute Gasteiger partial charge is 0.364 e. The number of hydrogen-bond donors (Lipinski definition) is 3. The molecule has 0 bridgehead atoms. The predicted molar refractivity (Wildman–Crippen MR) is 98.2 cm³/mol. The third kappa shape index (κ3) is 4.80. The first-order valence-electron chi connectivity index (χ1n) is 8.09. The molecule has 2 heterocycles. The quantitative estimate of drug-likeness (QED) is 0.727. The maximum atomic E-state index is 12.2. The first-order valence-corrected chi connectivity index (χ1v) is 8.09. The van der Waals surface area contributed by atoms with E-state index in [4.69, 9.17) is 5.73 Å². The normalized spacial score (nSPS) is 16.2. The number of carbonyl (C=O) groups is 2. The third-order valence-electron chi connectivity index (χ3n) is 4.21. The SMILES string of the molecule is Cl.NC(=O)c1ccn(-c2ccccc2NC(=O)CCC2CCNC2)n1. The van der Waals surface area contributed by atoms with Crippen molar-refractivity contribution in [2.45, 2.75) is 19.3 Å². The number of para-hydroxylation sites is 2. The average Bonchev–Trinajstić information content (AvgIpc) is 3.25. The number of benzene rings is 1. The molecule has 0 radical (unpaired) electrons. The zero-order chi connectivity index (χ0) is 16.9. The zero-order valence-electron chi connectivity index (χ0n) is 13.8. The van der Waals surface area contributed by atoms with Gasteiger partial charge in [-0.1, -0.05) is 12.1 Å². The molecule has 0 spiro atoms. The highest BCUT2D eigenvalue weighted by Gasteiger charge is 2.16. The van der Waals surface area contributed by atoms with Crippen LogP contribution in [-0.2, 0) is 4.79 Å². The van der Waals surface area contributed by atoms with E-state index in [0.29, 0.717) is 23.7 Å². The van der Waals surface area contributed by atoms with Crippen LogP contribution in [0, 0.1) is 5.92 Å². The van der Waals surface area contributed by atoms with Crippen molar-refractivity contribution < 1.29 is 9.59 Å². The number of nitrogens with one attached hydrogen (secondary N) is 2. The summed E-state index contributed by atoms with van der Waals surface area (Å²) in [6, 6.07) is 8.89. The Morgan fingerprint density at radius 3 is 2.80 bits per heavy atom. The number of hydrogen-bond acceptors (Lipinski definition) is 4. The van der Waals surface area contributed by atoms with Gasteiger partial charge in [0.25, 0.3) is 5.91 Å². The molecule has 2 amide bonds. The summed E-state index contributed by atoms with van der Waals surface area (Å²) in [6.45, 7) is 2.03. The summed E-state index contributed by atoms with van der Waals surface area (Å²) in [7, 11) is 0. The molecule has 25 heavy (non-hydrogen) atoms. The molecule has 2 aromatic rings. The molecule has 1 aromatic heterocycles. The van der Waals surface area contributed by atoms with Crippen molar-refractivity contribution in [3.8, 4) is 5.69 Å². The zero-order valence-corrected chi connectivity index (χ0v) is 14.6. The van der Waals surface area contributed by atoms with Gasteiger partial charge in [0.1, 0.15) is 5.69 Å². The predicted octanol–water partition coefficient (Wildman–Crippen LogP) is 1.72. The molecule has 134 valence electrons. The minimum absolute atomic E-state index is 0. The minimum atomic E-state index is -0.583. The highest BCUT2D eigenvalue weighted by Crippen LogP contribution is 2.21. The number of carbonyl (C=O) groups excluding carboxylic acids is 2. The summed E-state index contributed by atoms with van der Waals surface area (Å²) in [4.78, 5) is 23.4. The fourth-order valence-corrected chi connectivity index (χ4v) is 2.88. The van der Waals surface area contributed by atoms with Gasteiger partial charge in [0, 0.05) is 12.6 Å². The molecule has 7 nitrogen and oxygen atoms in total. The van der Waals surface area contributed by atoms with Crippen molar-refractivity contribution in [1.29, 1.82) is 0 Å². The maximum Gasteiger partial charge on any atom is 0.269 e. The summed E-state index contributed by atoms with van der Waals surface area (Å²) in [6.07, 6.45) is 4.16. The van der Waals surface area contributed by atoms with Gasteiger partial charge in [0.15, 0.2) is 0 Å². The number of amides is 2. The fraction of sp³-hybridized carbons (Fsp3) is 0.353. The van der Waals surface area contributed by atoms with Crippen LogP contribution >= 0.6 is 12.4 Å².